The van der Waals surface area contributed by atoms with Crippen molar-refractivity contribution in [3.63, 3.8) is 0 Å². The number of nitrogens with zero attached hydrogens (tertiary/aromatic N) is 3. The maximum atomic E-state index is 12.8. The molecule has 1 saturated carbocycles. The minimum Gasteiger partial charge on any atom is -0.406 e. The van der Waals surface area contributed by atoms with E-state index in [4.69, 9.17) is 20.3 Å². The molecule has 4 aliphatic rings. The van der Waals surface area contributed by atoms with Gasteiger partial charge in [0.25, 0.3) is 0 Å². The molecule has 0 saturated heterocycles. The lowest BCUT2D eigenvalue weighted by molar-refractivity contribution is -0.274. The molecule has 2 aliphatic heterocycles. The summed E-state index contributed by atoms with van der Waals surface area (Å²) in [4.78, 5) is 12.6. The van der Waals surface area contributed by atoms with Gasteiger partial charge in [-0.25, -0.2) is 4.99 Å². The zero-order valence-electron chi connectivity index (χ0n) is 19.8. The summed E-state index contributed by atoms with van der Waals surface area (Å²) in [6.07, 6.45) is -0.181. The number of fused-ring (bicyclic) bond motifs is 5. The molecule has 2 spiro atoms. The number of ether oxygens (including phenoxy) is 2. The molecular weight excluding hydrogens is 473 g/mol. The first-order chi connectivity index (χ1) is 17.2. The predicted octanol–water partition coefficient (Wildman–Crippen LogP) is 4.55. The van der Waals surface area contributed by atoms with Gasteiger partial charge in [0.05, 0.1) is 12.6 Å². The summed E-state index contributed by atoms with van der Waals surface area (Å²) in [5, 5.41) is 4.49. The van der Waals surface area contributed by atoms with E-state index >= 15 is 0 Å². The van der Waals surface area contributed by atoms with E-state index in [2.05, 4.69) is 16.0 Å². The number of hydrogen-bond acceptors (Lipinski definition) is 7. The van der Waals surface area contributed by atoms with Gasteiger partial charge in [0, 0.05) is 12.5 Å². The summed E-state index contributed by atoms with van der Waals surface area (Å²) >= 11 is 0. The van der Waals surface area contributed by atoms with Gasteiger partial charge in [0.1, 0.15) is 12.4 Å². The highest BCUT2D eigenvalue weighted by Gasteiger charge is 2.66. The maximum Gasteiger partial charge on any atom is 0.573 e. The van der Waals surface area contributed by atoms with Crippen molar-refractivity contribution in [1.82, 2.24) is 4.90 Å². The second kappa shape index (κ2) is 8.12. The van der Waals surface area contributed by atoms with E-state index in [0.29, 0.717) is 30.5 Å². The molecule has 1 atom stereocenters. The summed E-state index contributed by atoms with van der Waals surface area (Å²) in [5.41, 5.74) is 8.91. The van der Waals surface area contributed by atoms with Crippen LogP contribution in [0.1, 0.15) is 36.8 Å². The molecular formula is C26H27F3N4O3. The number of benzene rings is 2. The number of rotatable bonds is 3. The van der Waals surface area contributed by atoms with Crippen molar-refractivity contribution in [1.29, 1.82) is 0 Å². The van der Waals surface area contributed by atoms with Crippen LogP contribution in [0.3, 0.4) is 0 Å². The van der Waals surface area contributed by atoms with Gasteiger partial charge in [-0.2, -0.15) is 0 Å². The fourth-order valence-corrected chi connectivity index (χ4v) is 6.51. The minimum absolute atomic E-state index is 0.201. The molecule has 2 aromatic carbocycles. The molecule has 2 aromatic rings. The third kappa shape index (κ3) is 3.45. The lowest BCUT2D eigenvalue weighted by Crippen LogP contribution is -2.53. The lowest BCUT2D eigenvalue weighted by atomic mass is 9.61. The second-order valence-corrected chi connectivity index (χ2v) is 9.92. The third-order valence-corrected chi connectivity index (χ3v) is 8.12. The molecule has 10 heteroatoms. The monoisotopic (exact) mass is 500 g/mol. The van der Waals surface area contributed by atoms with Crippen molar-refractivity contribution in [3.8, 4) is 16.9 Å². The number of methoxy groups -OCH3 is 1. The van der Waals surface area contributed by atoms with E-state index in [1.54, 1.807) is 19.2 Å². The molecule has 190 valence electrons. The van der Waals surface area contributed by atoms with Crippen LogP contribution < -0.4 is 10.5 Å². The van der Waals surface area contributed by atoms with Crippen molar-refractivity contribution in [3.05, 3.63) is 53.6 Å². The molecule has 36 heavy (non-hydrogen) atoms. The van der Waals surface area contributed by atoms with Crippen LogP contribution in [0.5, 0.6) is 5.75 Å². The fraction of sp³-hybridized carbons (Fsp3) is 0.462. The van der Waals surface area contributed by atoms with E-state index < -0.39 is 11.9 Å². The number of oxime groups is 1. The van der Waals surface area contributed by atoms with Crippen LogP contribution in [0, 0.1) is 5.41 Å². The van der Waals surface area contributed by atoms with Crippen LogP contribution in [-0.2, 0) is 21.5 Å². The van der Waals surface area contributed by atoms with E-state index in [-0.39, 0.29) is 17.3 Å². The van der Waals surface area contributed by atoms with Gasteiger partial charge in [-0.1, -0.05) is 29.4 Å². The number of aliphatic imine (C=N–C) groups is 1. The highest BCUT2D eigenvalue weighted by atomic mass is 19.4. The highest BCUT2D eigenvalue weighted by molar-refractivity contribution is 6.11. The Morgan fingerprint density at radius 2 is 1.89 bits per heavy atom. The quantitative estimate of drug-likeness (QED) is 0.669. The number of amidine groups is 1. The average molecular weight is 501 g/mol. The lowest BCUT2D eigenvalue weighted by Gasteiger charge is -2.46. The Morgan fingerprint density at radius 3 is 2.64 bits per heavy atom. The molecule has 0 radical (unpaired) electrons. The van der Waals surface area contributed by atoms with Crippen LogP contribution in [-0.4, -0.2) is 49.4 Å². The SMILES string of the molecule is COC1CCC2(CC1)Cc1ccc(-c3cccc(OC(F)(F)F)c3)cc1C21N=C(N)N2CCON=C21. The Hall–Kier alpha value is -3.27. The van der Waals surface area contributed by atoms with Crippen LogP contribution in [0.2, 0.25) is 0 Å². The predicted molar refractivity (Wildman–Crippen MR) is 127 cm³/mol. The number of guanidine groups is 1. The summed E-state index contributed by atoms with van der Waals surface area (Å²) in [5.74, 6) is 0.861. The molecule has 2 aliphatic carbocycles. The van der Waals surface area contributed by atoms with Gasteiger partial charge in [-0.15, -0.1) is 13.2 Å². The van der Waals surface area contributed by atoms with E-state index in [1.165, 1.54) is 12.1 Å². The zero-order chi connectivity index (χ0) is 25.1. The number of alkyl halides is 3. The largest absolute Gasteiger partial charge is 0.573 e. The molecule has 7 nitrogen and oxygen atoms in total. The molecule has 1 unspecified atom stereocenters. The molecule has 2 N–H and O–H groups in total. The Labute approximate surface area is 206 Å². The van der Waals surface area contributed by atoms with E-state index in [1.807, 2.05) is 17.0 Å². The summed E-state index contributed by atoms with van der Waals surface area (Å²) in [6, 6.07) is 12.0. The number of nitrogens with two attached hydrogens (primary N) is 1. The van der Waals surface area contributed by atoms with E-state index in [9.17, 15) is 13.2 Å². The fourth-order valence-electron chi connectivity index (χ4n) is 6.51. The smallest absolute Gasteiger partial charge is 0.406 e. The van der Waals surface area contributed by atoms with Crippen LogP contribution in [0.15, 0.2) is 52.6 Å². The van der Waals surface area contributed by atoms with Gasteiger partial charge in [-0.3, -0.25) is 4.90 Å². The van der Waals surface area contributed by atoms with Crippen molar-refractivity contribution in [2.45, 2.75) is 50.1 Å². The van der Waals surface area contributed by atoms with E-state index in [0.717, 1.165) is 48.8 Å². The Bertz CT molecular complexity index is 1250. The van der Waals surface area contributed by atoms with Crippen molar-refractivity contribution in [2.75, 3.05) is 20.3 Å². The highest BCUT2D eigenvalue weighted by Crippen LogP contribution is 2.62. The summed E-state index contributed by atoms with van der Waals surface area (Å²) in [6.45, 7) is 0.992. The van der Waals surface area contributed by atoms with Crippen LogP contribution in [0.25, 0.3) is 11.1 Å². The first-order valence-electron chi connectivity index (χ1n) is 12.1. The maximum absolute atomic E-state index is 12.8. The van der Waals surface area contributed by atoms with Gasteiger partial charge in [0.15, 0.2) is 17.3 Å². The average Bonchev–Trinajstić information content (AvgIpc) is 3.31. The standard InChI is InChI=1S/C26H27F3N4O3/c1-34-19-7-9-24(10-8-19)15-18-6-5-17(16-3-2-4-20(13-16)36-26(27,28)29)14-21(18)25(24)22-32-35-12-11-33(22)23(30)31-25/h2-6,13-14,19H,7-12,15H2,1H3,(H2,30,31). The van der Waals surface area contributed by atoms with Gasteiger partial charge in [-0.05, 0) is 72.6 Å². The zero-order valence-corrected chi connectivity index (χ0v) is 19.8. The first-order valence-corrected chi connectivity index (χ1v) is 12.1. The molecule has 0 amide bonds. The van der Waals surface area contributed by atoms with Crippen molar-refractivity contribution < 1.29 is 27.5 Å². The van der Waals surface area contributed by atoms with Crippen LogP contribution >= 0.6 is 0 Å². The first kappa shape index (κ1) is 23.1. The molecule has 1 fully saturated rings. The number of halogens is 3. The summed E-state index contributed by atoms with van der Waals surface area (Å²) in [7, 11) is 1.75. The van der Waals surface area contributed by atoms with Crippen molar-refractivity contribution >= 4 is 11.8 Å². The Morgan fingerprint density at radius 1 is 1.11 bits per heavy atom. The minimum atomic E-state index is -4.76. The molecule has 0 bridgehead atoms. The van der Waals surface area contributed by atoms with Crippen molar-refractivity contribution in [2.24, 2.45) is 21.3 Å². The molecule has 2 heterocycles. The Kier molecular flexibility index (Phi) is 5.22. The van der Waals surface area contributed by atoms with Gasteiger partial charge < -0.3 is 20.0 Å². The Balaban J connectivity index is 1.48. The summed E-state index contributed by atoms with van der Waals surface area (Å²) < 4.78 is 48.3. The topological polar surface area (TPSA) is 81.7 Å². The molecule has 6 rings (SSSR count). The third-order valence-electron chi connectivity index (χ3n) is 8.12. The van der Waals surface area contributed by atoms with Crippen LogP contribution in [0.4, 0.5) is 13.2 Å². The number of hydrogen-bond donors (Lipinski definition) is 1. The second-order valence-electron chi connectivity index (χ2n) is 9.92. The van der Waals surface area contributed by atoms with Gasteiger partial charge in [0.2, 0.25) is 0 Å². The normalized spacial score (nSPS) is 29.0. The van der Waals surface area contributed by atoms with Gasteiger partial charge >= 0.3 is 6.36 Å². The molecule has 0 aromatic heterocycles.